The van der Waals surface area contributed by atoms with Crippen LogP contribution in [0, 0.1) is 11.8 Å². The van der Waals surface area contributed by atoms with Crippen LogP contribution in [0.5, 0.6) is 0 Å². The van der Waals surface area contributed by atoms with Gasteiger partial charge in [0.05, 0.1) is 0 Å². The van der Waals surface area contributed by atoms with Gasteiger partial charge in [-0.3, -0.25) is 0 Å². The van der Waals surface area contributed by atoms with Crippen molar-refractivity contribution in [3.8, 4) is 0 Å². The molecular weight excluding hydrogens is 158 g/mol. The SMILES string of the molecule is C1CCC2C(C1)NC1CCCC[C@H]12. The van der Waals surface area contributed by atoms with Crippen molar-refractivity contribution in [2.24, 2.45) is 11.8 Å². The summed E-state index contributed by atoms with van der Waals surface area (Å²) < 4.78 is 0. The molecule has 1 saturated heterocycles. The van der Waals surface area contributed by atoms with E-state index in [-0.39, 0.29) is 0 Å². The molecule has 1 nitrogen and oxygen atoms in total. The lowest BCUT2D eigenvalue weighted by atomic mass is 9.73. The zero-order valence-corrected chi connectivity index (χ0v) is 8.47. The van der Waals surface area contributed by atoms with E-state index in [1.54, 1.807) is 0 Å². The molecule has 0 amide bonds. The molecule has 1 heterocycles. The summed E-state index contributed by atoms with van der Waals surface area (Å²) in [6.45, 7) is 0. The molecule has 1 heteroatoms. The Morgan fingerprint density at radius 2 is 1.08 bits per heavy atom. The van der Waals surface area contributed by atoms with Gasteiger partial charge in [0.25, 0.3) is 0 Å². The molecule has 0 spiro atoms. The van der Waals surface area contributed by atoms with Crippen molar-refractivity contribution < 1.29 is 0 Å². The highest BCUT2D eigenvalue weighted by Crippen LogP contribution is 2.43. The van der Waals surface area contributed by atoms with Crippen LogP contribution < -0.4 is 5.32 Å². The second-order valence-electron chi connectivity index (χ2n) is 5.28. The minimum absolute atomic E-state index is 0.918. The van der Waals surface area contributed by atoms with Crippen LogP contribution >= 0.6 is 0 Å². The molecular formula is C12H21N. The second-order valence-corrected chi connectivity index (χ2v) is 5.28. The normalized spacial score (nSPS) is 49.8. The number of rotatable bonds is 0. The predicted molar refractivity (Wildman–Crippen MR) is 54.6 cm³/mol. The van der Waals surface area contributed by atoms with Gasteiger partial charge in [0.2, 0.25) is 0 Å². The average Bonchev–Trinajstić information content (AvgIpc) is 2.56. The average molecular weight is 179 g/mol. The zero-order chi connectivity index (χ0) is 8.67. The molecule has 1 aliphatic heterocycles. The first-order valence-corrected chi connectivity index (χ1v) is 6.21. The highest BCUT2D eigenvalue weighted by atomic mass is 15.0. The Balaban J connectivity index is 1.76. The molecule has 13 heavy (non-hydrogen) atoms. The van der Waals surface area contributed by atoms with Crippen LogP contribution in [0.15, 0.2) is 0 Å². The summed E-state index contributed by atoms with van der Waals surface area (Å²) >= 11 is 0. The van der Waals surface area contributed by atoms with Crippen molar-refractivity contribution >= 4 is 0 Å². The van der Waals surface area contributed by atoms with Crippen molar-refractivity contribution in [2.45, 2.75) is 63.5 Å². The largest absolute Gasteiger partial charge is 0.311 e. The Kier molecular flexibility index (Phi) is 2.08. The van der Waals surface area contributed by atoms with Crippen LogP contribution in [0.25, 0.3) is 0 Å². The lowest BCUT2D eigenvalue weighted by Crippen LogP contribution is -2.33. The summed E-state index contributed by atoms with van der Waals surface area (Å²) in [5.41, 5.74) is 0. The molecule has 1 N–H and O–H groups in total. The third-order valence-electron chi connectivity index (χ3n) is 4.62. The predicted octanol–water partition coefficient (Wildman–Crippen LogP) is 2.71. The highest BCUT2D eigenvalue weighted by Gasteiger charge is 2.43. The summed E-state index contributed by atoms with van der Waals surface area (Å²) in [5.74, 6) is 2.14. The van der Waals surface area contributed by atoms with E-state index in [0.29, 0.717) is 0 Å². The molecule has 3 unspecified atom stereocenters. The van der Waals surface area contributed by atoms with Crippen LogP contribution in [0.2, 0.25) is 0 Å². The summed E-state index contributed by atoms with van der Waals surface area (Å²) in [5, 5.41) is 3.89. The Morgan fingerprint density at radius 1 is 0.615 bits per heavy atom. The standard InChI is InChI=1S/C12H21N/c1-3-7-11-9(5-1)10-6-2-4-8-12(10)13-11/h9-13H,1-8H2/t9-,10?,11?,12?/m0/s1. The molecule has 3 fully saturated rings. The molecule has 2 aliphatic carbocycles. The van der Waals surface area contributed by atoms with Crippen molar-refractivity contribution in [2.75, 3.05) is 0 Å². The van der Waals surface area contributed by atoms with E-state index in [9.17, 15) is 0 Å². The fraction of sp³-hybridized carbons (Fsp3) is 1.00. The third-order valence-corrected chi connectivity index (χ3v) is 4.62. The van der Waals surface area contributed by atoms with Gasteiger partial charge in [0.1, 0.15) is 0 Å². The number of nitrogens with one attached hydrogen (secondary N) is 1. The molecule has 0 radical (unpaired) electrons. The maximum absolute atomic E-state index is 3.89. The Labute approximate surface area is 81.3 Å². The Morgan fingerprint density at radius 3 is 1.62 bits per heavy atom. The van der Waals surface area contributed by atoms with Gasteiger partial charge in [-0.15, -0.1) is 0 Å². The summed E-state index contributed by atoms with van der Waals surface area (Å²) in [4.78, 5) is 0. The van der Waals surface area contributed by atoms with Gasteiger partial charge in [-0.05, 0) is 37.5 Å². The minimum atomic E-state index is 0.918. The van der Waals surface area contributed by atoms with Crippen molar-refractivity contribution in [1.82, 2.24) is 5.32 Å². The molecule has 2 saturated carbocycles. The van der Waals surface area contributed by atoms with Crippen LogP contribution in [0.1, 0.15) is 51.4 Å². The van der Waals surface area contributed by atoms with Gasteiger partial charge < -0.3 is 5.32 Å². The van der Waals surface area contributed by atoms with E-state index in [1.165, 1.54) is 51.4 Å². The van der Waals surface area contributed by atoms with Gasteiger partial charge in [-0.1, -0.05) is 25.7 Å². The van der Waals surface area contributed by atoms with Gasteiger partial charge in [0, 0.05) is 12.1 Å². The topological polar surface area (TPSA) is 12.0 Å². The van der Waals surface area contributed by atoms with Crippen LogP contribution in [0.3, 0.4) is 0 Å². The quantitative estimate of drug-likeness (QED) is 0.603. The molecule has 0 bridgehead atoms. The van der Waals surface area contributed by atoms with E-state index in [2.05, 4.69) is 5.32 Å². The first-order valence-electron chi connectivity index (χ1n) is 6.21. The van der Waals surface area contributed by atoms with E-state index in [1.807, 2.05) is 0 Å². The maximum atomic E-state index is 3.89. The zero-order valence-electron chi connectivity index (χ0n) is 8.47. The fourth-order valence-corrected chi connectivity index (χ4v) is 4.03. The first-order chi connectivity index (χ1) is 6.45. The second kappa shape index (κ2) is 3.27. The van der Waals surface area contributed by atoms with Gasteiger partial charge >= 0.3 is 0 Å². The van der Waals surface area contributed by atoms with Gasteiger partial charge in [-0.25, -0.2) is 0 Å². The third kappa shape index (κ3) is 1.32. The molecule has 0 aromatic rings. The van der Waals surface area contributed by atoms with Crippen molar-refractivity contribution in [3.05, 3.63) is 0 Å². The molecule has 4 atom stereocenters. The van der Waals surface area contributed by atoms with Crippen molar-refractivity contribution in [3.63, 3.8) is 0 Å². The first kappa shape index (κ1) is 8.28. The summed E-state index contributed by atoms with van der Waals surface area (Å²) in [6.07, 6.45) is 12.0. The van der Waals surface area contributed by atoms with Crippen molar-refractivity contribution in [1.29, 1.82) is 0 Å². The van der Waals surface area contributed by atoms with Crippen LogP contribution in [-0.4, -0.2) is 12.1 Å². The van der Waals surface area contributed by atoms with Crippen LogP contribution in [0.4, 0.5) is 0 Å². The van der Waals surface area contributed by atoms with E-state index < -0.39 is 0 Å². The van der Waals surface area contributed by atoms with E-state index in [4.69, 9.17) is 0 Å². The Hall–Kier alpha value is -0.0400. The molecule has 3 rings (SSSR count). The lowest BCUT2D eigenvalue weighted by molar-refractivity contribution is 0.231. The fourth-order valence-electron chi connectivity index (χ4n) is 4.03. The van der Waals surface area contributed by atoms with Crippen LogP contribution in [-0.2, 0) is 0 Å². The smallest absolute Gasteiger partial charge is 0.0101 e. The van der Waals surface area contributed by atoms with Gasteiger partial charge in [-0.2, -0.15) is 0 Å². The van der Waals surface area contributed by atoms with E-state index in [0.717, 1.165) is 23.9 Å². The number of hydrogen-bond acceptors (Lipinski definition) is 1. The molecule has 3 aliphatic rings. The highest BCUT2D eigenvalue weighted by molar-refractivity contribution is 5.00. The summed E-state index contributed by atoms with van der Waals surface area (Å²) in [6, 6.07) is 1.84. The monoisotopic (exact) mass is 179 g/mol. The Bertz CT molecular complexity index is 170. The minimum Gasteiger partial charge on any atom is -0.311 e. The number of fused-ring (bicyclic) bond motifs is 3. The lowest BCUT2D eigenvalue weighted by Gasteiger charge is -2.30. The molecule has 0 aromatic heterocycles. The maximum Gasteiger partial charge on any atom is 0.0101 e. The van der Waals surface area contributed by atoms with E-state index >= 15 is 0 Å². The van der Waals surface area contributed by atoms with Gasteiger partial charge in [0.15, 0.2) is 0 Å². The molecule has 74 valence electrons. The molecule has 0 aromatic carbocycles. The number of hydrogen-bond donors (Lipinski definition) is 1. The summed E-state index contributed by atoms with van der Waals surface area (Å²) in [7, 11) is 0.